The monoisotopic (exact) mass is 605 g/mol. The van der Waals surface area contributed by atoms with Crippen molar-refractivity contribution in [2.24, 2.45) is 0 Å². The van der Waals surface area contributed by atoms with Crippen LogP contribution in [0.5, 0.6) is 0 Å². The molecule has 0 radical (unpaired) electrons. The number of nitrogens with one attached hydrogen (secondary N) is 2. The van der Waals surface area contributed by atoms with Gasteiger partial charge in [-0.25, -0.2) is 0 Å². The van der Waals surface area contributed by atoms with Gasteiger partial charge in [0.2, 0.25) is 5.91 Å². The lowest BCUT2D eigenvalue weighted by Crippen LogP contribution is -2.54. The van der Waals surface area contributed by atoms with Gasteiger partial charge < -0.3 is 15.1 Å². The van der Waals surface area contributed by atoms with E-state index >= 15 is 0 Å². The zero-order valence-electron chi connectivity index (χ0n) is 28.8. The first-order valence-electron chi connectivity index (χ1n) is 17.5. The number of carbonyl (C=O) groups is 2. The van der Waals surface area contributed by atoms with E-state index in [0.29, 0.717) is 6.54 Å². The van der Waals surface area contributed by atoms with Crippen molar-refractivity contribution in [3.63, 3.8) is 0 Å². The minimum atomic E-state index is -0.00847. The van der Waals surface area contributed by atoms with Gasteiger partial charge in [0.25, 0.3) is 5.91 Å². The third-order valence-electron chi connectivity index (χ3n) is 9.69. The molecule has 0 bridgehead atoms. The van der Waals surface area contributed by atoms with Crippen LogP contribution in [0.1, 0.15) is 107 Å². The summed E-state index contributed by atoms with van der Waals surface area (Å²) in [6.07, 6.45) is 12.7. The molecular weight excluding hydrogens is 544 g/mol. The fourth-order valence-corrected chi connectivity index (χ4v) is 6.80. The molecular formula is C38H61N4O2+. The Kier molecular flexibility index (Phi) is 14.9. The average Bonchev–Trinajstić information content (AvgIpc) is 2.96. The molecule has 0 aliphatic carbocycles. The molecule has 1 aliphatic rings. The lowest BCUT2D eigenvalue weighted by atomic mass is 10.00. The lowest BCUT2D eigenvalue weighted by molar-refractivity contribution is -0.921. The number of hydrogen-bond acceptors (Lipinski definition) is 3. The number of para-hydroxylation sites is 2. The quantitative estimate of drug-likeness (QED) is 0.118. The molecule has 1 aliphatic heterocycles. The highest BCUT2D eigenvalue weighted by atomic mass is 16.2. The summed E-state index contributed by atoms with van der Waals surface area (Å²) in [7, 11) is 0. The maximum Gasteiger partial charge on any atom is 0.279 e. The number of unbranched alkanes of at least 4 members (excludes halogenated alkanes) is 7. The molecule has 2 aromatic carbocycles. The third-order valence-corrected chi connectivity index (χ3v) is 9.69. The van der Waals surface area contributed by atoms with Gasteiger partial charge >= 0.3 is 0 Å². The van der Waals surface area contributed by atoms with E-state index < -0.39 is 0 Å². The number of quaternary nitrogens is 1. The summed E-state index contributed by atoms with van der Waals surface area (Å²) in [4.78, 5) is 28.9. The number of carbonyl (C=O) groups excluding carboxylic acids is 2. The molecule has 1 saturated heterocycles. The van der Waals surface area contributed by atoms with E-state index in [1.807, 2.05) is 6.07 Å². The summed E-state index contributed by atoms with van der Waals surface area (Å²) in [6, 6.07) is 12.3. The number of aryl methyl sites for hydroxylation is 4. The molecule has 2 N–H and O–H groups in total. The first kappa shape index (κ1) is 35.8. The van der Waals surface area contributed by atoms with Gasteiger partial charge in [0.15, 0.2) is 6.54 Å². The van der Waals surface area contributed by atoms with Crippen LogP contribution < -0.4 is 10.6 Å². The van der Waals surface area contributed by atoms with Crippen LogP contribution in [0, 0.1) is 27.7 Å². The van der Waals surface area contributed by atoms with Gasteiger partial charge in [0, 0.05) is 17.9 Å². The minimum absolute atomic E-state index is 0.00847. The van der Waals surface area contributed by atoms with Crippen LogP contribution in [-0.2, 0) is 9.59 Å². The van der Waals surface area contributed by atoms with Crippen LogP contribution in [0.2, 0.25) is 0 Å². The van der Waals surface area contributed by atoms with Crippen molar-refractivity contribution in [1.82, 2.24) is 4.90 Å². The van der Waals surface area contributed by atoms with Gasteiger partial charge in [-0.1, -0.05) is 69.5 Å². The molecule has 2 aromatic rings. The van der Waals surface area contributed by atoms with Gasteiger partial charge in [-0.2, -0.15) is 0 Å². The van der Waals surface area contributed by atoms with E-state index in [2.05, 4.69) is 87.4 Å². The van der Waals surface area contributed by atoms with Crippen molar-refractivity contribution in [3.05, 3.63) is 58.7 Å². The molecule has 2 amide bonds. The first-order valence-corrected chi connectivity index (χ1v) is 17.5. The van der Waals surface area contributed by atoms with Gasteiger partial charge in [0.1, 0.15) is 0 Å². The predicted molar refractivity (Wildman–Crippen MR) is 186 cm³/mol. The van der Waals surface area contributed by atoms with Crippen molar-refractivity contribution >= 4 is 23.2 Å². The fourth-order valence-electron chi connectivity index (χ4n) is 6.80. The van der Waals surface area contributed by atoms with E-state index in [1.54, 1.807) is 0 Å². The molecule has 6 nitrogen and oxygen atoms in total. The summed E-state index contributed by atoms with van der Waals surface area (Å²) in [5.74, 6) is 0.285. The van der Waals surface area contributed by atoms with Crippen molar-refractivity contribution in [2.75, 3.05) is 49.9 Å². The van der Waals surface area contributed by atoms with Crippen LogP contribution >= 0.6 is 0 Å². The number of benzene rings is 2. The number of anilines is 2. The number of amides is 2. The van der Waals surface area contributed by atoms with Crippen LogP contribution in [-0.4, -0.2) is 66.5 Å². The molecule has 6 heteroatoms. The molecule has 1 fully saturated rings. The highest BCUT2D eigenvalue weighted by molar-refractivity contribution is 5.96. The van der Waals surface area contributed by atoms with E-state index in [4.69, 9.17) is 0 Å². The second kappa shape index (κ2) is 18.3. The number of nitrogens with zero attached hydrogens (tertiary/aromatic N) is 2. The molecule has 44 heavy (non-hydrogen) atoms. The Balaban J connectivity index is 1.52. The van der Waals surface area contributed by atoms with Crippen LogP contribution in [0.3, 0.4) is 0 Å². The maximum atomic E-state index is 13.5. The zero-order chi connectivity index (χ0) is 32.0. The molecule has 1 atom stereocenters. The summed E-state index contributed by atoms with van der Waals surface area (Å²) in [6.45, 7) is 18.6. The summed E-state index contributed by atoms with van der Waals surface area (Å²) in [5.41, 5.74) is 6.43. The molecule has 0 aromatic heterocycles. The Morgan fingerprint density at radius 2 is 1.18 bits per heavy atom. The van der Waals surface area contributed by atoms with Crippen molar-refractivity contribution in [2.45, 2.75) is 118 Å². The molecule has 1 heterocycles. The van der Waals surface area contributed by atoms with Crippen LogP contribution in [0.25, 0.3) is 0 Å². The van der Waals surface area contributed by atoms with Crippen molar-refractivity contribution in [3.8, 4) is 0 Å². The summed E-state index contributed by atoms with van der Waals surface area (Å²) in [5, 5.41) is 6.49. The Morgan fingerprint density at radius 1 is 0.705 bits per heavy atom. The van der Waals surface area contributed by atoms with Gasteiger partial charge in [-0.3, -0.25) is 14.5 Å². The van der Waals surface area contributed by atoms with E-state index in [0.717, 1.165) is 90.1 Å². The normalized spacial score (nSPS) is 15.2. The molecule has 0 spiro atoms. The SMILES string of the molecule is CCCCC[N+](CCCCC)(CCCCCCN1CCC1C(=O)Nc1c(C)cccc1C)CC(=O)Nc1c(C)cccc1C. The van der Waals surface area contributed by atoms with E-state index in [1.165, 1.54) is 51.4 Å². The van der Waals surface area contributed by atoms with Crippen LogP contribution in [0.4, 0.5) is 11.4 Å². The van der Waals surface area contributed by atoms with Crippen LogP contribution in [0.15, 0.2) is 36.4 Å². The van der Waals surface area contributed by atoms with E-state index in [9.17, 15) is 9.59 Å². The van der Waals surface area contributed by atoms with E-state index in [-0.39, 0.29) is 17.9 Å². The molecule has 1 unspecified atom stereocenters. The van der Waals surface area contributed by atoms with Crippen molar-refractivity contribution in [1.29, 1.82) is 0 Å². The van der Waals surface area contributed by atoms with Gasteiger partial charge in [-0.15, -0.1) is 0 Å². The second-order valence-electron chi connectivity index (χ2n) is 13.4. The molecule has 244 valence electrons. The maximum absolute atomic E-state index is 13.5. The van der Waals surface area contributed by atoms with Crippen molar-refractivity contribution < 1.29 is 14.1 Å². The topological polar surface area (TPSA) is 61.4 Å². The molecule has 0 saturated carbocycles. The Morgan fingerprint density at radius 3 is 1.66 bits per heavy atom. The third kappa shape index (κ3) is 10.7. The number of hydrogen-bond donors (Lipinski definition) is 2. The number of rotatable bonds is 20. The highest BCUT2D eigenvalue weighted by Gasteiger charge is 2.34. The lowest BCUT2D eigenvalue weighted by Gasteiger charge is -2.40. The smallest absolute Gasteiger partial charge is 0.279 e. The summed E-state index contributed by atoms with van der Waals surface area (Å²) >= 11 is 0. The summed E-state index contributed by atoms with van der Waals surface area (Å²) < 4.78 is 0.906. The number of likely N-dealkylation sites (tertiary alicyclic amines) is 1. The average molecular weight is 606 g/mol. The first-order chi connectivity index (χ1) is 21.2. The Labute approximate surface area is 268 Å². The minimum Gasteiger partial charge on any atom is -0.324 e. The standard InChI is InChI=1S/C38H60N4O2/c1-7-9-14-26-42(27-15-10-8-2,29-35(43)39-36-30(3)19-17-20-31(36)4)28-16-12-11-13-24-41-25-23-34(41)38(44)40-37-32(5)21-18-22-33(37)6/h17-22,34H,7-16,23-29H2,1-6H3,(H-,39,40,43,44)/p+1. The second-order valence-corrected chi connectivity index (χ2v) is 13.4. The fraction of sp³-hybridized carbons (Fsp3) is 0.632. The van der Waals surface area contributed by atoms with Gasteiger partial charge in [0.05, 0.1) is 25.7 Å². The molecule has 3 rings (SSSR count). The Hall–Kier alpha value is -2.70. The zero-order valence-corrected chi connectivity index (χ0v) is 28.8. The highest BCUT2D eigenvalue weighted by Crippen LogP contribution is 2.25. The van der Waals surface area contributed by atoms with Gasteiger partial charge in [-0.05, 0) is 108 Å². The predicted octanol–water partition coefficient (Wildman–Crippen LogP) is 8.33. The largest absolute Gasteiger partial charge is 0.324 e. The Bertz CT molecular complexity index is 1140.